The van der Waals surface area contributed by atoms with Gasteiger partial charge in [0.25, 0.3) is 0 Å². The molecule has 1 aliphatic rings. The lowest BCUT2D eigenvalue weighted by molar-refractivity contribution is -0.139. The van der Waals surface area contributed by atoms with Gasteiger partial charge in [-0.1, -0.05) is 0 Å². The van der Waals surface area contributed by atoms with Gasteiger partial charge in [0.1, 0.15) is 0 Å². The van der Waals surface area contributed by atoms with E-state index in [1.165, 1.54) is 0 Å². The summed E-state index contributed by atoms with van der Waals surface area (Å²) >= 11 is 0. The second kappa shape index (κ2) is 4.94. The van der Waals surface area contributed by atoms with Crippen LogP contribution in [0.4, 0.5) is 0 Å². The van der Waals surface area contributed by atoms with Crippen LogP contribution >= 0.6 is 0 Å². The molecular formula is C11H21NO3. The van der Waals surface area contributed by atoms with Gasteiger partial charge in [-0.3, -0.25) is 4.79 Å². The first-order chi connectivity index (χ1) is 6.91. The topological polar surface area (TPSA) is 72.6 Å². The van der Waals surface area contributed by atoms with E-state index in [4.69, 9.17) is 15.6 Å². The largest absolute Gasteiger partial charge is 0.481 e. The molecule has 4 heteroatoms. The molecule has 0 aromatic carbocycles. The van der Waals surface area contributed by atoms with Gasteiger partial charge in [-0.05, 0) is 38.5 Å². The molecule has 0 amide bonds. The summed E-state index contributed by atoms with van der Waals surface area (Å²) in [7, 11) is 0. The van der Waals surface area contributed by atoms with Gasteiger partial charge in [-0.2, -0.15) is 0 Å². The molecule has 2 atom stereocenters. The fourth-order valence-corrected chi connectivity index (χ4v) is 2.31. The van der Waals surface area contributed by atoms with Gasteiger partial charge in [0, 0.05) is 18.8 Å². The molecule has 0 aromatic heterocycles. The van der Waals surface area contributed by atoms with Crippen LogP contribution in [0.15, 0.2) is 0 Å². The maximum atomic E-state index is 10.8. The first kappa shape index (κ1) is 12.5. The first-order valence-corrected chi connectivity index (χ1v) is 5.49. The average Bonchev–Trinajstić information content (AvgIpc) is 2.14. The van der Waals surface area contributed by atoms with Gasteiger partial charge >= 0.3 is 5.97 Å². The van der Waals surface area contributed by atoms with E-state index < -0.39 is 11.5 Å². The lowest BCUT2D eigenvalue weighted by atomic mass is 9.74. The van der Waals surface area contributed by atoms with Crippen LogP contribution in [0.2, 0.25) is 0 Å². The quantitative estimate of drug-likeness (QED) is 0.740. The summed E-state index contributed by atoms with van der Waals surface area (Å²) in [5.74, 6) is -0.491. The number of carboxylic acid groups (broad SMARTS) is 1. The van der Waals surface area contributed by atoms with E-state index in [1.807, 2.05) is 13.8 Å². The monoisotopic (exact) mass is 215 g/mol. The second-order valence-electron chi connectivity index (χ2n) is 5.00. The molecule has 1 aliphatic heterocycles. The molecule has 0 saturated carbocycles. The normalized spacial score (nSPS) is 24.9. The molecule has 4 nitrogen and oxygen atoms in total. The number of hydrogen-bond acceptors (Lipinski definition) is 3. The molecule has 1 fully saturated rings. The zero-order chi connectivity index (χ0) is 11.5. The first-order valence-electron chi connectivity index (χ1n) is 5.49. The highest BCUT2D eigenvalue weighted by Gasteiger charge is 2.35. The summed E-state index contributed by atoms with van der Waals surface area (Å²) in [5, 5.41) is 8.88. The lowest BCUT2D eigenvalue weighted by Gasteiger charge is -2.37. The molecule has 3 N–H and O–H groups in total. The van der Waals surface area contributed by atoms with Crippen LogP contribution in [0.5, 0.6) is 0 Å². The molecule has 88 valence electrons. The van der Waals surface area contributed by atoms with Crippen LogP contribution in [0, 0.1) is 11.8 Å². The second-order valence-corrected chi connectivity index (χ2v) is 5.00. The molecule has 1 saturated heterocycles. The number of carboxylic acids is 1. The Balaban J connectivity index is 2.66. The third kappa shape index (κ3) is 3.80. The Morgan fingerprint density at radius 2 is 2.33 bits per heavy atom. The Bertz CT molecular complexity index is 216. The smallest absolute Gasteiger partial charge is 0.303 e. The highest BCUT2D eigenvalue weighted by Crippen LogP contribution is 2.31. The number of carbonyl (C=O) groups is 1. The van der Waals surface area contributed by atoms with Crippen molar-refractivity contribution in [3.63, 3.8) is 0 Å². The van der Waals surface area contributed by atoms with Gasteiger partial charge in [0.05, 0.1) is 6.42 Å². The van der Waals surface area contributed by atoms with Crippen molar-refractivity contribution in [2.24, 2.45) is 17.6 Å². The van der Waals surface area contributed by atoms with Crippen molar-refractivity contribution in [1.82, 2.24) is 0 Å². The third-order valence-electron chi connectivity index (χ3n) is 3.11. The van der Waals surface area contributed by atoms with Crippen LogP contribution in [-0.4, -0.2) is 29.8 Å². The zero-order valence-electron chi connectivity index (χ0n) is 9.53. The van der Waals surface area contributed by atoms with E-state index in [1.54, 1.807) is 0 Å². The molecule has 0 spiro atoms. The van der Waals surface area contributed by atoms with E-state index in [2.05, 4.69) is 0 Å². The van der Waals surface area contributed by atoms with Crippen LogP contribution in [0.25, 0.3) is 0 Å². The van der Waals surface area contributed by atoms with Crippen molar-refractivity contribution >= 4 is 5.97 Å². The number of hydrogen-bond donors (Lipinski definition) is 2. The van der Waals surface area contributed by atoms with Crippen molar-refractivity contribution in [3.8, 4) is 0 Å². The Morgan fingerprint density at radius 3 is 2.73 bits per heavy atom. The molecule has 15 heavy (non-hydrogen) atoms. The Morgan fingerprint density at radius 1 is 1.67 bits per heavy atom. The SMILES string of the molecule is CC(C)(N)C(CC(=O)O)C1CCCOC1. The van der Waals surface area contributed by atoms with Crippen molar-refractivity contribution in [2.75, 3.05) is 13.2 Å². The highest BCUT2D eigenvalue weighted by molar-refractivity contribution is 5.67. The number of rotatable bonds is 4. The predicted octanol–water partition coefficient (Wildman–Crippen LogP) is 1.24. The van der Waals surface area contributed by atoms with Gasteiger partial charge in [0.15, 0.2) is 0 Å². The number of aliphatic carboxylic acids is 1. The fourth-order valence-electron chi connectivity index (χ4n) is 2.31. The molecule has 0 aromatic rings. The maximum Gasteiger partial charge on any atom is 0.303 e. The standard InChI is InChI=1S/C11H21NO3/c1-11(2,12)9(6-10(13)14)8-4-3-5-15-7-8/h8-9H,3-7,12H2,1-2H3,(H,13,14). The van der Waals surface area contributed by atoms with E-state index in [0.717, 1.165) is 19.4 Å². The summed E-state index contributed by atoms with van der Waals surface area (Å²) in [4.78, 5) is 10.8. The summed E-state index contributed by atoms with van der Waals surface area (Å²) in [6.45, 7) is 5.24. The molecular weight excluding hydrogens is 194 g/mol. The van der Waals surface area contributed by atoms with E-state index in [-0.39, 0.29) is 18.3 Å². The highest BCUT2D eigenvalue weighted by atomic mass is 16.5. The van der Waals surface area contributed by atoms with E-state index in [9.17, 15) is 4.79 Å². The maximum absolute atomic E-state index is 10.8. The average molecular weight is 215 g/mol. The van der Waals surface area contributed by atoms with Crippen LogP contribution < -0.4 is 5.73 Å². The van der Waals surface area contributed by atoms with Gasteiger partial charge < -0.3 is 15.6 Å². The molecule has 1 rings (SSSR count). The van der Waals surface area contributed by atoms with Crippen molar-refractivity contribution in [2.45, 2.75) is 38.6 Å². The van der Waals surface area contributed by atoms with E-state index >= 15 is 0 Å². The zero-order valence-corrected chi connectivity index (χ0v) is 9.53. The third-order valence-corrected chi connectivity index (χ3v) is 3.11. The van der Waals surface area contributed by atoms with Crippen LogP contribution in [0.3, 0.4) is 0 Å². The number of ether oxygens (including phenoxy) is 1. The minimum Gasteiger partial charge on any atom is -0.481 e. The summed E-state index contributed by atoms with van der Waals surface area (Å²) < 4.78 is 5.39. The minimum atomic E-state index is -0.774. The Hall–Kier alpha value is -0.610. The minimum absolute atomic E-state index is 0.00435. The molecule has 2 unspecified atom stereocenters. The summed E-state index contributed by atoms with van der Waals surface area (Å²) in [6.07, 6.45) is 2.17. The van der Waals surface area contributed by atoms with Gasteiger partial charge in [0.2, 0.25) is 0 Å². The van der Waals surface area contributed by atoms with Crippen molar-refractivity contribution in [1.29, 1.82) is 0 Å². The Labute approximate surface area is 90.8 Å². The van der Waals surface area contributed by atoms with Crippen LogP contribution in [0.1, 0.15) is 33.1 Å². The van der Waals surface area contributed by atoms with Gasteiger partial charge in [-0.25, -0.2) is 0 Å². The number of nitrogens with two attached hydrogens (primary N) is 1. The fraction of sp³-hybridized carbons (Fsp3) is 0.909. The summed E-state index contributed by atoms with van der Waals surface area (Å²) in [6, 6.07) is 0. The molecule has 0 bridgehead atoms. The molecule has 1 heterocycles. The predicted molar refractivity (Wildman–Crippen MR) is 57.6 cm³/mol. The summed E-state index contributed by atoms with van der Waals surface area (Å²) in [5.41, 5.74) is 5.59. The molecule has 0 aliphatic carbocycles. The van der Waals surface area contributed by atoms with Gasteiger partial charge in [-0.15, -0.1) is 0 Å². The lowest BCUT2D eigenvalue weighted by Crippen LogP contribution is -2.47. The van der Waals surface area contributed by atoms with Crippen molar-refractivity contribution < 1.29 is 14.6 Å². The Kier molecular flexibility index (Phi) is 4.11. The van der Waals surface area contributed by atoms with E-state index in [0.29, 0.717) is 6.61 Å². The van der Waals surface area contributed by atoms with Crippen LogP contribution in [-0.2, 0) is 9.53 Å². The molecule has 0 radical (unpaired) electrons. The van der Waals surface area contributed by atoms with Crippen molar-refractivity contribution in [3.05, 3.63) is 0 Å².